The summed E-state index contributed by atoms with van der Waals surface area (Å²) in [5.74, 6) is -2.55. The van der Waals surface area contributed by atoms with Crippen LogP contribution in [0.1, 0.15) is 17.0 Å². The Hall–Kier alpha value is -3.36. The summed E-state index contributed by atoms with van der Waals surface area (Å²) in [5.41, 5.74) is -2.81. The van der Waals surface area contributed by atoms with Crippen molar-refractivity contribution in [3.05, 3.63) is 83.3 Å². The number of nitrogens with zero attached hydrogens (tertiary/aromatic N) is 1. The molecule has 10 heteroatoms. The molecule has 0 atom stereocenters. The van der Waals surface area contributed by atoms with E-state index >= 15 is 0 Å². The normalized spacial score (nSPS) is 11.4. The molecule has 0 saturated carbocycles. The third kappa shape index (κ3) is 3.20. The standard InChI is InChI=1S/C20H11Cl2NO7/c21-8-1-3-13-10(5-8)17(24)15(19(26)29-13)12(7-23-28)16-18(25)11-6-9(22)2-4-14(11)30-20(16)27/h1-6,12,24-25H,7H2. The van der Waals surface area contributed by atoms with Crippen LogP contribution >= 0.6 is 23.2 Å². The van der Waals surface area contributed by atoms with E-state index in [4.69, 9.17) is 32.0 Å². The fourth-order valence-corrected chi connectivity index (χ4v) is 3.71. The monoisotopic (exact) mass is 447 g/mol. The summed E-state index contributed by atoms with van der Waals surface area (Å²) >= 11 is 11.9. The smallest absolute Gasteiger partial charge is 0.343 e. The lowest BCUT2D eigenvalue weighted by molar-refractivity contribution is 0.435. The summed E-state index contributed by atoms with van der Waals surface area (Å²) in [6, 6.07) is 8.41. The highest BCUT2D eigenvalue weighted by Gasteiger charge is 2.31. The van der Waals surface area contributed by atoms with Crippen LogP contribution in [0.2, 0.25) is 10.0 Å². The van der Waals surface area contributed by atoms with Gasteiger partial charge in [0.15, 0.2) is 0 Å². The van der Waals surface area contributed by atoms with Gasteiger partial charge in [-0.3, -0.25) is 0 Å². The van der Waals surface area contributed by atoms with Crippen LogP contribution < -0.4 is 11.3 Å². The molecule has 0 amide bonds. The molecule has 0 aliphatic carbocycles. The molecule has 0 aliphatic heterocycles. The van der Waals surface area contributed by atoms with Gasteiger partial charge in [0.25, 0.3) is 0 Å². The zero-order chi connectivity index (χ0) is 21.6. The number of benzene rings is 2. The van der Waals surface area contributed by atoms with E-state index in [0.29, 0.717) is 0 Å². The molecule has 0 radical (unpaired) electrons. The molecule has 2 N–H and O–H groups in total. The van der Waals surface area contributed by atoms with Crippen LogP contribution in [0.15, 0.2) is 60.0 Å². The zero-order valence-electron chi connectivity index (χ0n) is 14.9. The van der Waals surface area contributed by atoms with E-state index in [9.17, 15) is 24.7 Å². The maximum absolute atomic E-state index is 12.6. The van der Waals surface area contributed by atoms with Crippen LogP contribution in [-0.2, 0) is 0 Å². The quantitative estimate of drug-likeness (QED) is 0.347. The summed E-state index contributed by atoms with van der Waals surface area (Å²) in [5, 5.41) is 25.0. The van der Waals surface area contributed by atoms with Gasteiger partial charge in [-0.05, 0) is 36.4 Å². The number of aromatic hydroxyl groups is 2. The second-order valence-electron chi connectivity index (χ2n) is 6.45. The van der Waals surface area contributed by atoms with Gasteiger partial charge in [0.05, 0.1) is 34.4 Å². The van der Waals surface area contributed by atoms with Crippen molar-refractivity contribution in [2.75, 3.05) is 6.54 Å². The maximum atomic E-state index is 12.6. The van der Waals surface area contributed by atoms with E-state index in [0.717, 1.165) is 0 Å². The molecule has 0 saturated heterocycles. The van der Waals surface area contributed by atoms with Crippen molar-refractivity contribution in [3.63, 3.8) is 0 Å². The van der Waals surface area contributed by atoms with Gasteiger partial charge in [-0.2, -0.15) is 4.91 Å². The summed E-state index contributed by atoms with van der Waals surface area (Å²) in [6.45, 7) is -0.658. The summed E-state index contributed by atoms with van der Waals surface area (Å²) in [6.07, 6.45) is 0. The fourth-order valence-electron chi connectivity index (χ4n) is 3.36. The Bertz CT molecular complexity index is 1340. The molecule has 4 rings (SSSR count). The topological polar surface area (TPSA) is 130 Å². The summed E-state index contributed by atoms with van der Waals surface area (Å²) in [7, 11) is 0. The molecule has 2 heterocycles. The van der Waals surface area contributed by atoms with E-state index in [1.807, 2.05) is 0 Å². The van der Waals surface area contributed by atoms with Crippen LogP contribution in [0.4, 0.5) is 0 Å². The van der Waals surface area contributed by atoms with Crippen LogP contribution in [0, 0.1) is 4.91 Å². The predicted octanol–water partition coefficient (Wildman–Crippen LogP) is 4.52. The average molecular weight is 448 g/mol. The number of hydrogen-bond donors (Lipinski definition) is 2. The van der Waals surface area contributed by atoms with Gasteiger partial charge in [-0.15, -0.1) is 0 Å². The first-order valence-electron chi connectivity index (χ1n) is 8.51. The van der Waals surface area contributed by atoms with Crippen molar-refractivity contribution in [2.45, 2.75) is 5.92 Å². The van der Waals surface area contributed by atoms with Crippen LogP contribution in [0.5, 0.6) is 11.5 Å². The lowest BCUT2D eigenvalue weighted by Gasteiger charge is -2.16. The Morgan fingerprint density at radius 3 is 1.67 bits per heavy atom. The van der Waals surface area contributed by atoms with E-state index < -0.39 is 46.3 Å². The molecule has 8 nitrogen and oxygen atoms in total. The highest BCUT2D eigenvalue weighted by Crippen LogP contribution is 2.39. The van der Waals surface area contributed by atoms with Crippen molar-refractivity contribution < 1.29 is 19.0 Å². The van der Waals surface area contributed by atoms with Crippen LogP contribution in [0.25, 0.3) is 21.9 Å². The summed E-state index contributed by atoms with van der Waals surface area (Å²) in [4.78, 5) is 36.4. The van der Waals surface area contributed by atoms with Crippen molar-refractivity contribution >= 4 is 45.1 Å². The number of rotatable bonds is 4. The van der Waals surface area contributed by atoms with Gasteiger partial charge < -0.3 is 19.0 Å². The van der Waals surface area contributed by atoms with Gasteiger partial charge in [-0.25, -0.2) is 9.59 Å². The predicted molar refractivity (Wildman–Crippen MR) is 111 cm³/mol. The molecule has 2 aromatic carbocycles. The first-order chi connectivity index (χ1) is 14.3. The number of nitroso groups, excluding NO2 is 1. The molecule has 0 unspecified atom stereocenters. The molecule has 0 aliphatic rings. The Morgan fingerprint density at radius 1 is 0.833 bits per heavy atom. The SMILES string of the molecule is O=NCC(c1c(O)c2cc(Cl)ccc2oc1=O)c1c(O)c2cc(Cl)ccc2oc1=O. The molecule has 30 heavy (non-hydrogen) atoms. The molecule has 152 valence electrons. The van der Waals surface area contributed by atoms with Gasteiger partial charge in [0, 0.05) is 10.0 Å². The van der Waals surface area contributed by atoms with Crippen molar-refractivity contribution in [1.82, 2.24) is 0 Å². The third-order valence-electron chi connectivity index (χ3n) is 4.70. The average Bonchev–Trinajstić information content (AvgIpc) is 2.69. The third-order valence-corrected chi connectivity index (χ3v) is 5.17. The van der Waals surface area contributed by atoms with Crippen molar-refractivity contribution in [3.8, 4) is 11.5 Å². The lowest BCUT2D eigenvalue weighted by atomic mass is 9.90. The Balaban J connectivity index is 2.07. The number of halogens is 2. The molecule has 0 spiro atoms. The molecule has 0 fully saturated rings. The minimum atomic E-state index is -1.44. The Kier molecular flexibility index (Phi) is 4.97. The van der Waals surface area contributed by atoms with Gasteiger partial charge >= 0.3 is 11.3 Å². The van der Waals surface area contributed by atoms with Crippen molar-refractivity contribution in [1.29, 1.82) is 0 Å². The lowest BCUT2D eigenvalue weighted by Crippen LogP contribution is -2.22. The molecule has 0 bridgehead atoms. The maximum Gasteiger partial charge on any atom is 0.343 e. The number of fused-ring (bicyclic) bond motifs is 2. The van der Waals surface area contributed by atoms with Gasteiger partial charge in [0.1, 0.15) is 22.7 Å². The van der Waals surface area contributed by atoms with Crippen molar-refractivity contribution in [2.24, 2.45) is 5.18 Å². The first-order valence-corrected chi connectivity index (χ1v) is 9.27. The highest BCUT2D eigenvalue weighted by molar-refractivity contribution is 6.31. The number of hydrogen-bond acceptors (Lipinski definition) is 8. The second kappa shape index (κ2) is 7.47. The van der Waals surface area contributed by atoms with E-state index in [-0.39, 0.29) is 32.0 Å². The van der Waals surface area contributed by atoms with Crippen LogP contribution in [-0.4, -0.2) is 16.8 Å². The van der Waals surface area contributed by atoms with Gasteiger partial charge in [-0.1, -0.05) is 28.4 Å². The zero-order valence-corrected chi connectivity index (χ0v) is 16.4. The Labute approximate surface area is 176 Å². The molecule has 2 aromatic heterocycles. The first kappa shape index (κ1) is 19.9. The second-order valence-corrected chi connectivity index (χ2v) is 7.32. The van der Waals surface area contributed by atoms with Crippen LogP contribution in [0.3, 0.4) is 0 Å². The van der Waals surface area contributed by atoms with E-state index in [1.54, 1.807) is 0 Å². The largest absolute Gasteiger partial charge is 0.507 e. The molecule has 4 aromatic rings. The summed E-state index contributed by atoms with van der Waals surface area (Å²) < 4.78 is 10.4. The van der Waals surface area contributed by atoms with E-state index in [1.165, 1.54) is 36.4 Å². The minimum absolute atomic E-state index is 0.0463. The van der Waals surface area contributed by atoms with Gasteiger partial charge in [0.2, 0.25) is 0 Å². The molecular weight excluding hydrogens is 437 g/mol. The molecular formula is C20H11Cl2NO7. The Morgan fingerprint density at radius 2 is 1.27 bits per heavy atom. The van der Waals surface area contributed by atoms with E-state index in [2.05, 4.69) is 5.18 Å². The fraction of sp³-hybridized carbons (Fsp3) is 0.100. The minimum Gasteiger partial charge on any atom is -0.507 e. The highest BCUT2D eigenvalue weighted by atomic mass is 35.5.